The Balaban J connectivity index is 1.60. The predicted molar refractivity (Wildman–Crippen MR) is 103 cm³/mol. The Morgan fingerprint density at radius 2 is 1.93 bits per heavy atom. The van der Waals surface area contributed by atoms with Gasteiger partial charge in [-0.25, -0.2) is 9.78 Å². The third-order valence-corrected chi connectivity index (χ3v) is 4.60. The molecule has 1 aromatic heterocycles. The van der Waals surface area contributed by atoms with E-state index in [1.165, 1.54) is 11.3 Å². The van der Waals surface area contributed by atoms with Gasteiger partial charge in [-0.15, -0.1) is 11.3 Å². The average molecular weight is 403 g/mol. The first-order chi connectivity index (χ1) is 13.0. The topological polar surface area (TPSA) is 91.5 Å². The van der Waals surface area contributed by atoms with Gasteiger partial charge in [0.15, 0.2) is 12.3 Å². The Labute approximate surface area is 164 Å². The van der Waals surface area contributed by atoms with Crippen molar-refractivity contribution in [1.82, 2.24) is 4.98 Å². The monoisotopic (exact) mass is 402 g/mol. The van der Waals surface area contributed by atoms with Crippen LogP contribution in [-0.2, 0) is 16.1 Å². The van der Waals surface area contributed by atoms with E-state index in [4.69, 9.17) is 26.8 Å². The normalized spacial score (nSPS) is 10.4. The van der Waals surface area contributed by atoms with Crippen molar-refractivity contribution in [1.29, 1.82) is 0 Å². The Bertz CT molecular complexity index is 956. The van der Waals surface area contributed by atoms with E-state index >= 15 is 0 Å². The standard InChI is InChI=1S/C19H15ClN2O4S/c20-14-6-4-13(5-7-14)18-22-16(11-27-18)19(24)26-9-12-2-1-3-15(8-12)25-10-17(21)23/h1-8,11H,9-10H2,(H2,21,23). The van der Waals surface area contributed by atoms with E-state index in [1.807, 2.05) is 12.1 Å². The molecule has 0 aliphatic rings. The molecule has 0 saturated carbocycles. The van der Waals surface area contributed by atoms with Crippen LogP contribution in [0.3, 0.4) is 0 Å². The summed E-state index contributed by atoms with van der Waals surface area (Å²) in [6.07, 6.45) is 0. The highest BCUT2D eigenvalue weighted by Crippen LogP contribution is 2.25. The fourth-order valence-electron chi connectivity index (χ4n) is 2.19. The number of amides is 1. The summed E-state index contributed by atoms with van der Waals surface area (Å²) in [6.45, 7) is -0.157. The van der Waals surface area contributed by atoms with E-state index in [1.54, 1.807) is 41.8 Å². The molecule has 8 heteroatoms. The summed E-state index contributed by atoms with van der Waals surface area (Å²) in [5.41, 5.74) is 6.89. The smallest absolute Gasteiger partial charge is 0.358 e. The minimum atomic E-state index is -0.563. The van der Waals surface area contributed by atoms with E-state index in [0.29, 0.717) is 15.8 Å². The molecule has 2 N–H and O–H groups in total. The van der Waals surface area contributed by atoms with Crippen LogP contribution in [0.25, 0.3) is 10.6 Å². The van der Waals surface area contributed by atoms with Crippen LogP contribution >= 0.6 is 22.9 Å². The van der Waals surface area contributed by atoms with Gasteiger partial charge in [0.2, 0.25) is 0 Å². The molecule has 0 radical (unpaired) electrons. The maximum Gasteiger partial charge on any atom is 0.358 e. The summed E-state index contributed by atoms with van der Waals surface area (Å²) in [5, 5.41) is 3.00. The minimum absolute atomic E-state index is 0.0560. The van der Waals surface area contributed by atoms with Crippen molar-refractivity contribution in [2.45, 2.75) is 6.61 Å². The Kier molecular flexibility index (Phi) is 6.05. The second kappa shape index (κ2) is 8.66. The quantitative estimate of drug-likeness (QED) is 0.608. The van der Waals surface area contributed by atoms with Crippen LogP contribution in [0, 0.1) is 0 Å². The van der Waals surface area contributed by atoms with Gasteiger partial charge in [-0.05, 0) is 29.8 Å². The predicted octanol–water partition coefficient (Wildman–Crippen LogP) is 3.68. The SMILES string of the molecule is NC(=O)COc1cccc(COC(=O)c2csc(-c3ccc(Cl)cc3)n2)c1. The van der Waals surface area contributed by atoms with Crippen molar-refractivity contribution in [3.05, 3.63) is 70.2 Å². The first kappa shape index (κ1) is 18.9. The molecule has 0 unspecified atom stereocenters. The van der Waals surface area contributed by atoms with Crippen molar-refractivity contribution in [2.24, 2.45) is 5.73 Å². The maximum atomic E-state index is 12.2. The van der Waals surface area contributed by atoms with Crippen LogP contribution in [0.15, 0.2) is 53.9 Å². The molecular weight excluding hydrogens is 388 g/mol. The van der Waals surface area contributed by atoms with Crippen LogP contribution in [-0.4, -0.2) is 23.5 Å². The number of aromatic nitrogens is 1. The van der Waals surface area contributed by atoms with Crippen molar-refractivity contribution < 1.29 is 19.1 Å². The number of ether oxygens (including phenoxy) is 2. The number of thiazole rings is 1. The zero-order valence-corrected chi connectivity index (χ0v) is 15.6. The second-order valence-electron chi connectivity index (χ2n) is 5.52. The summed E-state index contributed by atoms with van der Waals surface area (Å²) in [6, 6.07) is 14.1. The first-order valence-electron chi connectivity index (χ1n) is 7.90. The summed E-state index contributed by atoms with van der Waals surface area (Å²) in [4.78, 5) is 27.3. The molecule has 0 fully saturated rings. The van der Waals surface area contributed by atoms with Gasteiger partial charge in [0.05, 0.1) is 0 Å². The van der Waals surface area contributed by atoms with Crippen LogP contribution in [0.4, 0.5) is 0 Å². The molecule has 1 heterocycles. The highest BCUT2D eigenvalue weighted by atomic mass is 35.5. The lowest BCUT2D eigenvalue weighted by Crippen LogP contribution is -2.20. The Morgan fingerprint density at radius 3 is 2.67 bits per heavy atom. The van der Waals surface area contributed by atoms with Gasteiger partial charge in [-0.3, -0.25) is 4.79 Å². The number of hydrogen-bond acceptors (Lipinski definition) is 6. The van der Waals surface area contributed by atoms with E-state index in [0.717, 1.165) is 11.1 Å². The average Bonchev–Trinajstić information content (AvgIpc) is 3.16. The number of rotatable bonds is 7. The minimum Gasteiger partial charge on any atom is -0.484 e. The number of hydrogen-bond donors (Lipinski definition) is 1. The number of carbonyl (C=O) groups is 2. The number of primary amides is 1. The van der Waals surface area contributed by atoms with Crippen molar-refractivity contribution in [3.8, 4) is 16.3 Å². The van der Waals surface area contributed by atoms with Crippen molar-refractivity contribution in [2.75, 3.05) is 6.61 Å². The molecule has 6 nitrogen and oxygen atoms in total. The summed E-state index contributed by atoms with van der Waals surface area (Å²) < 4.78 is 10.5. The molecule has 0 atom stereocenters. The number of nitrogens with zero attached hydrogens (tertiary/aromatic N) is 1. The van der Waals surface area contributed by atoms with E-state index in [-0.39, 0.29) is 18.9 Å². The Morgan fingerprint density at radius 1 is 1.15 bits per heavy atom. The fraction of sp³-hybridized carbons (Fsp3) is 0.105. The lowest BCUT2D eigenvalue weighted by atomic mass is 10.2. The Hall–Kier alpha value is -2.90. The zero-order chi connectivity index (χ0) is 19.2. The molecule has 0 aliphatic heterocycles. The molecule has 0 bridgehead atoms. The maximum absolute atomic E-state index is 12.2. The summed E-state index contributed by atoms with van der Waals surface area (Å²) in [5.74, 6) is -0.609. The number of esters is 1. The van der Waals surface area contributed by atoms with Crippen molar-refractivity contribution >= 4 is 34.8 Å². The van der Waals surface area contributed by atoms with Crippen LogP contribution in [0.5, 0.6) is 5.75 Å². The lowest BCUT2D eigenvalue weighted by molar-refractivity contribution is -0.119. The number of benzene rings is 2. The van der Waals surface area contributed by atoms with Crippen LogP contribution in [0.2, 0.25) is 5.02 Å². The molecule has 3 aromatic rings. The lowest BCUT2D eigenvalue weighted by Gasteiger charge is -2.07. The van der Waals surface area contributed by atoms with Gasteiger partial charge >= 0.3 is 5.97 Å². The van der Waals surface area contributed by atoms with Crippen LogP contribution in [0.1, 0.15) is 16.1 Å². The van der Waals surface area contributed by atoms with E-state index < -0.39 is 11.9 Å². The number of halogens is 1. The molecule has 0 spiro atoms. The largest absolute Gasteiger partial charge is 0.484 e. The molecular formula is C19H15ClN2O4S. The summed E-state index contributed by atoms with van der Waals surface area (Å²) >= 11 is 7.23. The highest BCUT2D eigenvalue weighted by Gasteiger charge is 2.13. The second-order valence-corrected chi connectivity index (χ2v) is 6.82. The first-order valence-corrected chi connectivity index (χ1v) is 9.15. The van der Waals surface area contributed by atoms with E-state index in [9.17, 15) is 9.59 Å². The molecule has 2 aromatic carbocycles. The van der Waals surface area contributed by atoms with Gasteiger partial charge in [0, 0.05) is 16.0 Å². The van der Waals surface area contributed by atoms with Gasteiger partial charge in [-0.1, -0.05) is 35.9 Å². The number of nitrogens with two attached hydrogens (primary N) is 1. The third-order valence-electron chi connectivity index (χ3n) is 3.45. The molecule has 1 amide bonds. The van der Waals surface area contributed by atoms with E-state index in [2.05, 4.69) is 4.98 Å². The van der Waals surface area contributed by atoms with Crippen molar-refractivity contribution in [3.63, 3.8) is 0 Å². The highest BCUT2D eigenvalue weighted by molar-refractivity contribution is 7.13. The molecule has 27 heavy (non-hydrogen) atoms. The zero-order valence-electron chi connectivity index (χ0n) is 14.1. The van der Waals surface area contributed by atoms with Gasteiger partial charge in [0.25, 0.3) is 5.91 Å². The molecule has 0 aliphatic carbocycles. The summed E-state index contributed by atoms with van der Waals surface area (Å²) in [7, 11) is 0. The fourth-order valence-corrected chi connectivity index (χ4v) is 3.12. The van der Waals surface area contributed by atoms with Gasteiger partial charge < -0.3 is 15.2 Å². The molecule has 138 valence electrons. The van der Waals surface area contributed by atoms with Gasteiger partial charge in [-0.2, -0.15) is 0 Å². The number of carbonyl (C=O) groups excluding carboxylic acids is 2. The van der Waals surface area contributed by atoms with Gasteiger partial charge in [0.1, 0.15) is 17.4 Å². The third kappa shape index (κ3) is 5.29. The molecule has 0 saturated heterocycles. The molecule has 3 rings (SSSR count). The van der Waals surface area contributed by atoms with Crippen LogP contribution < -0.4 is 10.5 Å².